The van der Waals surface area contributed by atoms with Gasteiger partial charge in [0.1, 0.15) is 4.32 Å². The van der Waals surface area contributed by atoms with Crippen LogP contribution < -0.4 is 4.90 Å². The van der Waals surface area contributed by atoms with Crippen LogP contribution in [-0.2, 0) is 5.75 Å². The molecule has 36 heavy (non-hydrogen) atoms. The second kappa shape index (κ2) is 10.6. The van der Waals surface area contributed by atoms with Crippen LogP contribution >= 0.6 is 24.0 Å². The second-order valence-electron chi connectivity index (χ2n) is 9.44. The predicted molar refractivity (Wildman–Crippen MR) is 152 cm³/mol. The van der Waals surface area contributed by atoms with Crippen LogP contribution in [0.15, 0.2) is 60.7 Å². The first-order valence-corrected chi connectivity index (χ1v) is 13.6. The van der Waals surface area contributed by atoms with Crippen molar-refractivity contribution in [3.63, 3.8) is 0 Å². The quantitative estimate of drug-likeness (QED) is 0.355. The predicted octanol–water partition coefficient (Wildman–Crippen LogP) is 4.34. The summed E-state index contributed by atoms with van der Waals surface area (Å²) in [7, 11) is 3.88. The van der Waals surface area contributed by atoms with Crippen molar-refractivity contribution in [2.75, 3.05) is 58.3 Å². The molecular weight excluding hydrogens is 488 g/mol. The van der Waals surface area contributed by atoms with Crippen LogP contribution in [0.1, 0.15) is 26.3 Å². The first-order chi connectivity index (χ1) is 17.4. The summed E-state index contributed by atoms with van der Waals surface area (Å²) in [5.41, 5.74) is 3.57. The van der Waals surface area contributed by atoms with Gasteiger partial charge in [-0.05, 0) is 37.9 Å². The monoisotopic (exact) mass is 518 g/mol. The Hall–Kier alpha value is -2.94. The van der Waals surface area contributed by atoms with Gasteiger partial charge in [0, 0.05) is 72.6 Å². The Labute approximate surface area is 221 Å². The Bertz CT molecular complexity index is 1280. The fourth-order valence-electron chi connectivity index (χ4n) is 4.85. The molecule has 0 saturated carbocycles. The first kappa shape index (κ1) is 24.7. The molecule has 0 N–H and O–H groups in total. The number of benzene rings is 3. The molecule has 6 nitrogen and oxygen atoms in total. The van der Waals surface area contributed by atoms with E-state index in [0.717, 1.165) is 52.7 Å². The van der Waals surface area contributed by atoms with E-state index in [1.54, 1.807) is 11.8 Å². The molecule has 8 heteroatoms. The average Bonchev–Trinajstić information content (AvgIpc) is 2.90. The Morgan fingerprint density at radius 3 is 2.28 bits per heavy atom. The summed E-state index contributed by atoms with van der Waals surface area (Å²) in [4.78, 5) is 34.5. The van der Waals surface area contributed by atoms with E-state index in [4.69, 9.17) is 12.2 Å². The van der Waals surface area contributed by atoms with Gasteiger partial charge in [-0.1, -0.05) is 66.4 Å². The molecule has 0 atom stereocenters. The van der Waals surface area contributed by atoms with E-state index in [0.29, 0.717) is 24.2 Å². The Balaban J connectivity index is 1.31. The molecular formula is C28H30N4O2S2. The third kappa shape index (κ3) is 4.85. The number of piperazine rings is 1. The van der Waals surface area contributed by atoms with Crippen molar-refractivity contribution in [2.45, 2.75) is 5.75 Å². The van der Waals surface area contributed by atoms with Crippen molar-refractivity contribution in [3.05, 3.63) is 77.4 Å². The maximum Gasteiger partial charge on any atom is 0.261 e. The van der Waals surface area contributed by atoms with Gasteiger partial charge in [0.05, 0.1) is 0 Å². The van der Waals surface area contributed by atoms with Crippen LogP contribution in [0.2, 0.25) is 0 Å². The molecule has 0 bridgehead atoms. The summed E-state index contributed by atoms with van der Waals surface area (Å²) in [6.45, 7) is 4.38. The summed E-state index contributed by atoms with van der Waals surface area (Å²) in [5, 5.41) is 1.75. The maximum atomic E-state index is 13.2. The van der Waals surface area contributed by atoms with E-state index < -0.39 is 0 Å². The molecule has 2 amide bonds. The number of thioether (sulfide) groups is 1. The Morgan fingerprint density at radius 1 is 0.889 bits per heavy atom. The van der Waals surface area contributed by atoms with Crippen LogP contribution in [0.25, 0.3) is 10.8 Å². The van der Waals surface area contributed by atoms with Gasteiger partial charge in [-0.2, -0.15) is 0 Å². The largest absolute Gasteiger partial charge is 0.367 e. The van der Waals surface area contributed by atoms with Gasteiger partial charge in [0.2, 0.25) is 0 Å². The molecule has 0 spiro atoms. The molecule has 5 rings (SSSR count). The minimum Gasteiger partial charge on any atom is -0.367 e. The minimum absolute atomic E-state index is 0.206. The van der Waals surface area contributed by atoms with Crippen molar-refractivity contribution in [3.8, 4) is 0 Å². The summed E-state index contributed by atoms with van der Waals surface area (Å²) in [6.07, 6.45) is 0. The van der Waals surface area contributed by atoms with Crippen molar-refractivity contribution in [1.29, 1.82) is 0 Å². The summed E-state index contributed by atoms with van der Waals surface area (Å²) in [5.74, 6) is 0.466. The molecule has 3 aromatic carbocycles. The summed E-state index contributed by atoms with van der Waals surface area (Å²) in [6, 6.07) is 20.1. The molecule has 0 aliphatic carbocycles. The number of amides is 2. The lowest BCUT2D eigenvalue weighted by atomic mass is 9.92. The molecule has 2 heterocycles. The molecule has 1 fully saturated rings. The fourth-order valence-corrected chi connectivity index (χ4v) is 6.06. The van der Waals surface area contributed by atoms with Crippen LogP contribution in [0, 0.1) is 0 Å². The van der Waals surface area contributed by atoms with Crippen molar-refractivity contribution < 1.29 is 9.59 Å². The van der Waals surface area contributed by atoms with Crippen molar-refractivity contribution in [2.24, 2.45) is 0 Å². The fraction of sp³-hybridized carbons (Fsp3) is 0.321. The number of hydrogen-bond acceptors (Lipinski definition) is 6. The van der Waals surface area contributed by atoms with Crippen LogP contribution in [-0.4, -0.2) is 84.2 Å². The number of thiocarbonyl (C=S) groups is 1. The topological polar surface area (TPSA) is 47.1 Å². The van der Waals surface area contributed by atoms with Crippen molar-refractivity contribution >= 4 is 56.6 Å². The normalized spacial score (nSPS) is 15.8. The third-order valence-electron chi connectivity index (χ3n) is 6.82. The lowest BCUT2D eigenvalue weighted by Gasteiger charge is -2.38. The molecule has 3 aromatic rings. The number of likely N-dealkylation sites (N-methyl/N-ethyl adjacent to an activating group) is 1. The summed E-state index contributed by atoms with van der Waals surface area (Å²) >= 11 is 7.44. The lowest BCUT2D eigenvalue weighted by molar-refractivity contribution is 0.0601. The Kier molecular flexibility index (Phi) is 7.27. The van der Waals surface area contributed by atoms with E-state index >= 15 is 0 Å². The van der Waals surface area contributed by atoms with E-state index in [9.17, 15) is 9.59 Å². The smallest absolute Gasteiger partial charge is 0.261 e. The lowest BCUT2D eigenvalue weighted by Crippen LogP contribution is -2.48. The van der Waals surface area contributed by atoms with E-state index in [2.05, 4.69) is 34.1 Å². The highest BCUT2D eigenvalue weighted by atomic mass is 32.2. The first-order valence-electron chi connectivity index (χ1n) is 12.2. The highest BCUT2D eigenvalue weighted by molar-refractivity contribution is 8.22. The molecule has 1 saturated heterocycles. The molecule has 186 valence electrons. The van der Waals surface area contributed by atoms with Gasteiger partial charge in [0.15, 0.2) is 0 Å². The number of carbonyl (C=O) groups is 2. The zero-order valence-electron chi connectivity index (χ0n) is 20.6. The highest BCUT2D eigenvalue weighted by Gasteiger charge is 2.33. The van der Waals surface area contributed by atoms with E-state index in [-0.39, 0.29) is 11.8 Å². The summed E-state index contributed by atoms with van der Waals surface area (Å²) < 4.78 is 0.935. The SMILES string of the molecule is CN(C)CCN1C(=O)c2cccc3c(N4CCN(C(=S)SCc5ccccc5)CC4)ccc(c23)C1=O. The van der Waals surface area contributed by atoms with Gasteiger partial charge < -0.3 is 14.7 Å². The van der Waals surface area contributed by atoms with Gasteiger partial charge in [0.25, 0.3) is 11.8 Å². The highest BCUT2D eigenvalue weighted by Crippen LogP contribution is 2.36. The average molecular weight is 519 g/mol. The Morgan fingerprint density at radius 2 is 1.58 bits per heavy atom. The van der Waals surface area contributed by atoms with Gasteiger partial charge >= 0.3 is 0 Å². The van der Waals surface area contributed by atoms with Gasteiger partial charge in [-0.3, -0.25) is 14.5 Å². The van der Waals surface area contributed by atoms with Crippen LogP contribution in [0.3, 0.4) is 0 Å². The molecule has 2 aliphatic rings. The van der Waals surface area contributed by atoms with Gasteiger partial charge in [-0.25, -0.2) is 0 Å². The van der Waals surface area contributed by atoms with Gasteiger partial charge in [-0.15, -0.1) is 0 Å². The number of anilines is 1. The molecule has 0 unspecified atom stereocenters. The maximum absolute atomic E-state index is 13.2. The van der Waals surface area contributed by atoms with E-state index in [1.165, 1.54) is 10.5 Å². The zero-order chi connectivity index (χ0) is 25.2. The van der Waals surface area contributed by atoms with E-state index in [1.807, 2.05) is 55.4 Å². The number of carbonyl (C=O) groups excluding carboxylic acids is 2. The molecule has 0 radical (unpaired) electrons. The molecule has 0 aromatic heterocycles. The van der Waals surface area contributed by atoms with Crippen molar-refractivity contribution in [1.82, 2.24) is 14.7 Å². The minimum atomic E-state index is -0.206. The zero-order valence-corrected chi connectivity index (χ0v) is 22.3. The second-order valence-corrected chi connectivity index (χ2v) is 11.0. The number of nitrogens with zero attached hydrogens (tertiary/aromatic N) is 4. The number of rotatable bonds is 6. The van der Waals surface area contributed by atoms with Crippen LogP contribution in [0.4, 0.5) is 5.69 Å². The number of imide groups is 1. The standard InChI is InChI=1S/C28H30N4O2S2/c1-29(2)13-18-32-26(33)22-10-6-9-21-24(12-11-23(25(21)22)27(32)34)30-14-16-31(17-15-30)28(35)36-19-20-7-4-3-5-8-20/h3-12H,13-19H2,1-2H3. The van der Waals surface area contributed by atoms with Crippen LogP contribution in [0.5, 0.6) is 0 Å². The number of hydrogen-bond donors (Lipinski definition) is 0. The third-order valence-corrected chi connectivity index (χ3v) is 8.42. The molecule has 2 aliphatic heterocycles.